The molecule has 0 aliphatic heterocycles. The van der Waals surface area contributed by atoms with Crippen LogP contribution in [0.25, 0.3) is 0 Å². The van der Waals surface area contributed by atoms with E-state index in [1.54, 1.807) is 0 Å². The van der Waals surface area contributed by atoms with Gasteiger partial charge in [0.25, 0.3) is 0 Å². The van der Waals surface area contributed by atoms with E-state index in [0.717, 1.165) is 0 Å². The number of hydrogen-bond acceptors (Lipinski definition) is 0. The van der Waals surface area contributed by atoms with Crippen molar-refractivity contribution in [2.75, 3.05) is 0 Å². The average Bonchev–Trinajstić information content (AvgIpc) is 1.59. The third-order valence-electron chi connectivity index (χ3n) is 1.37. The zero-order chi connectivity index (χ0) is 6.85. The second-order valence-corrected chi connectivity index (χ2v) is 2.67. The Morgan fingerprint density at radius 3 is 1.18 bits per heavy atom. The Kier molecular flexibility index (Phi) is 7.69. The molecule has 0 saturated heterocycles. The fourth-order valence-corrected chi connectivity index (χ4v) is 1.20. The molecule has 60 valence electrons. The van der Waals surface area contributed by atoms with Gasteiger partial charge in [0.1, 0.15) is 0 Å². The van der Waals surface area contributed by atoms with Crippen molar-refractivity contribution >= 4 is 40.0 Å². The maximum absolute atomic E-state index is 2.19. The van der Waals surface area contributed by atoms with Gasteiger partial charge in [0, 0.05) is 0 Å². The molecular formula is C9H15BrMg. The Morgan fingerprint density at radius 1 is 0.818 bits per heavy atom. The molecule has 0 N–H and O–H groups in total. The average molecular weight is 227 g/mol. The summed E-state index contributed by atoms with van der Waals surface area (Å²) < 4.78 is 0. The first-order valence-electron chi connectivity index (χ1n) is 3.23. The molecule has 1 aromatic rings. The summed E-state index contributed by atoms with van der Waals surface area (Å²) >= 11 is 0. The van der Waals surface area contributed by atoms with Crippen LogP contribution in [-0.4, -0.2) is 23.1 Å². The third-order valence-corrected chi connectivity index (χ3v) is 1.37. The molecular weight excluding hydrogens is 212 g/mol. The molecule has 0 bridgehead atoms. The molecule has 0 saturated carbocycles. The summed E-state index contributed by atoms with van der Waals surface area (Å²) in [6, 6.07) is 6.56. The first kappa shape index (κ1) is 14.0. The molecule has 0 atom stereocenters. The van der Waals surface area contributed by atoms with Crippen LogP contribution in [0, 0.1) is 20.8 Å². The van der Waals surface area contributed by atoms with E-state index in [9.17, 15) is 0 Å². The van der Waals surface area contributed by atoms with E-state index in [1.165, 1.54) is 16.7 Å². The Morgan fingerprint density at radius 2 is 1.00 bits per heavy atom. The van der Waals surface area contributed by atoms with Crippen LogP contribution in [0.4, 0.5) is 0 Å². The molecule has 0 unspecified atom stereocenters. The minimum atomic E-state index is 0. The maximum Gasteiger partial charge on any atom is 2.00 e. The van der Waals surface area contributed by atoms with Crippen LogP contribution in [0.15, 0.2) is 18.2 Å². The second-order valence-electron chi connectivity index (χ2n) is 2.67. The number of halogens is 1. The van der Waals surface area contributed by atoms with Gasteiger partial charge in [-0.1, -0.05) is 34.9 Å². The van der Waals surface area contributed by atoms with Crippen molar-refractivity contribution in [3.8, 4) is 0 Å². The van der Waals surface area contributed by atoms with Crippen molar-refractivity contribution < 1.29 is 2.85 Å². The van der Waals surface area contributed by atoms with Gasteiger partial charge >= 0.3 is 23.1 Å². The van der Waals surface area contributed by atoms with Gasteiger partial charge in [-0.3, -0.25) is 0 Å². The molecule has 11 heavy (non-hydrogen) atoms. The van der Waals surface area contributed by atoms with Gasteiger partial charge in [0.15, 0.2) is 0 Å². The van der Waals surface area contributed by atoms with E-state index < -0.39 is 0 Å². The minimum absolute atomic E-state index is 0. The predicted octanol–water partition coefficient (Wildman–Crippen LogP) is 3.03. The van der Waals surface area contributed by atoms with Crippen LogP contribution in [0.2, 0.25) is 0 Å². The van der Waals surface area contributed by atoms with E-state index >= 15 is 0 Å². The first-order valence-corrected chi connectivity index (χ1v) is 3.23. The van der Waals surface area contributed by atoms with Crippen LogP contribution < -0.4 is 0 Å². The second kappa shape index (κ2) is 6.03. The van der Waals surface area contributed by atoms with Gasteiger partial charge in [-0.15, -0.1) is 17.0 Å². The molecule has 1 aromatic carbocycles. The topological polar surface area (TPSA) is 0 Å². The maximum atomic E-state index is 2.19. The molecule has 0 radical (unpaired) electrons. The van der Waals surface area contributed by atoms with Gasteiger partial charge < -0.3 is 2.85 Å². The number of hydrogen-bond donors (Lipinski definition) is 0. The fourth-order valence-electron chi connectivity index (χ4n) is 1.20. The van der Waals surface area contributed by atoms with Crippen molar-refractivity contribution in [1.29, 1.82) is 0 Å². The SMILES string of the molecule is Br.Cc1cc(C)cc(C)c1.[H-].[H-].[Mg+2]. The molecule has 0 amide bonds. The largest absolute Gasteiger partial charge is 2.00 e. The van der Waals surface area contributed by atoms with Gasteiger partial charge in [-0.2, -0.15) is 0 Å². The molecule has 0 aromatic heterocycles. The van der Waals surface area contributed by atoms with E-state index in [4.69, 9.17) is 0 Å². The minimum Gasteiger partial charge on any atom is -1.00 e. The zero-order valence-corrected chi connectivity index (χ0v) is 10.5. The molecule has 0 aliphatic carbocycles. The van der Waals surface area contributed by atoms with Crippen molar-refractivity contribution in [2.24, 2.45) is 0 Å². The van der Waals surface area contributed by atoms with Crippen molar-refractivity contribution in [2.45, 2.75) is 20.8 Å². The summed E-state index contributed by atoms with van der Waals surface area (Å²) in [6.45, 7) is 6.38. The summed E-state index contributed by atoms with van der Waals surface area (Å²) in [5, 5.41) is 0. The van der Waals surface area contributed by atoms with E-state index in [1.807, 2.05) is 0 Å². The van der Waals surface area contributed by atoms with E-state index in [-0.39, 0.29) is 42.9 Å². The smallest absolute Gasteiger partial charge is 1.00 e. The summed E-state index contributed by atoms with van der Waals surface area (Å²) in [5.74, 6) is 0. The van der Waals surface area contributed by atoms with Gasteiger partial charge in [0.2, 0.25) is 0 Å². The van der Waals surface area contributed by atoms with Crippen LogP contribution in [-0.2, 0) is 0 Å². The zero-order valence-electron chi connectivity index (χ0n) is 9.35. The monoisotopic (exact) mass is 226 g/mol. The fraction of sp³-hybridized carbons (Fsp3) is 0.333. The van der Waals surface area contributed by atoms with Crippen molar-refractivity contribution in [3.63, 3.8) is 0 Å². The summed E-state index contributed by atoms with van der Waals surface area (Å²) in [6.07, 6.45) is 0. The Bertz CT molecular complexity index is 178. The Labute approximate surface area is 98.3 Å². The van der Waals surface area contributed by atoms with E-state index in [0.29, 0.717) is 0 Å². The summed E-state index contributed by atoms with van der Waals surface area (Å²) in [5.41, 5.74) is 4.06. The van der Waals surface area contributed by atoms with Crippen LogP contribution in [0.3, 0.4) is 0 Å². The molecule has 0 fully saturated rings. The standard InChI is InChI=1S/C9H12.BrH.Mg.2H/c1-7-4-8(2)6-9(3)5-7;;;;/h4-6H,1-3H3;1H;;;/q;;+2;2*-1. The molecule has 1 rings (SSSR count). The quantitative estimate of drug-likeness (QED) is 0.598. The summed E-state index contributed by atoms with van der Waals surface area (Å²) in [4.78, 5) is 0. The number of rotatable bonds is 0. The van der Waals surface area contributed by atoms with Crippen LogP contribution >= 0.6 is 17.0 Å². The number of benzene rings is 1. The van der Waals surface area contributed by atoms with E-state index in [2.05, 4.69) is 39.0 Å². The van der Waals surface area contributed by atoms with Crippen molar-refractivity contribution in [1.82, 2.24) is 0 Å². The van der Waals surface area contributed by atoms with Crippen LogP contribution in [0.5, 0.6) is 0 Å². The summed E-state index contributed by atoms with van der Waals surface area (Å²) in [7, 11) is 0. The normalized spacial score (nSPS) is 7.91. The molecule has 2 heteroatoms. The van der Waals surface area contributed by atoms with Gasteiger partial charge in [0.05, 0.1) is 0 Å². The number of aryl methyl sites for hydroxylation is 3. The van der Waals surface area contributed by atoms with Gasteiger partial charge in [-0.25, -0.2) is 0 Å². The Hall–Kier alpha value is 0.466. The first-order chi connectivity index (χ1) is 4.18. The Balaban J connectivity index is -0.000000101. The third kappa shape index (κ3) is 4.83. The van der Waals surface area contributed by atoms with Gasteiger partial charge in [-0.05, 0) is 20.8 Å². The molecule has 0 spiro atoms. The molecule has 0 aliphatic rings. The molecule has 0 heterocycles. The predicted molar refractivity (Wildman–Crippen MR) is 59.0 cm³/mol. The van der Waals surface area contributed by atoms with Crippen LogP contribution in [0.1, 0.15) is 19.5 Å². The molecule has 0 nitrogen and oxygen atoms in total. The van der Waals surface area contributed by atoms with Crippen molar-refractivity contribution in [3.05, 3.63) is 34.9 Å².